The van der Waals surface area contributed by atoms with Crippen LogP contribution in [0.1, 0.15) is 19.3 Å². The van der Waals surface area contributed by atoms with Crippen LogP contribution in [0.25, 0.3) is 0 Å². The molecular weight excluding hydrogens is 232 g/mol. The zero-order valence-electron chi connectivity index (χ0n) is 11.7. The average Bonchev–Trinajstić information content (AvgIpc) is 2.38. The maximum Gasteiger partial charge on any atom is 0.237 e. The summed E-state index contributed by atoms with van der Waals surface area (Å²) >= 11 is 0. The van der Waals surface area contributed by atoms with E-state index in [1.165, 1.54) is 24.2 Å². The van der Waals surface area contributed by atoms with E-state index in [-0.39, 0.29) is 19.2 Å². The van der Waals surface area contributed by atoms with E-state index < -0.39 is 0 Å². The highest BCUT2D eigenvalue weighted by Crippen LogP contribution is 2.08. The Hall–Kier alpha value is -0.690. The zero-order valence-corrected chi connectivity index (χ0v) is 11.7. The number of rotatable bonds is 5. The fourth-order valence-corrected chi connectivity index (χ4v) is 1.85. The van der Waals surface area contributed by atoms with Gasteiger partial charge in [-0.1, -0.05) is 6.42 Å². The van der Waals surface area contributed by atoms with E-state index in [2.05, 4.69) is 10.2 Å². The topological polar surface area (TPSA) is 81.8 Å². The first-order chi connectivity index (χ1) is 8.69. The van der Waals surface area contributed by atoms with Crippen LogP contribution in [0.5, 0.6) is 0 Å². The molecule has 1 aliphatic heterocycles. The number of nitrogens with one attached hydrogen (secondary N) is 1. The van der Waals surface area contributed by atoms with Gasteiger partial charge in [0, 0.05) is 6.54 Å². The number of likely N-dealkylation sites (tertiary alicyclic amines) is 1. The summed E-state index contributed by atoms with van der Waals surface area (Å²) in [5.41, 5.74) is 5.44. The second-order valence-electron chi connectivity index (χ2n) is 4.40. The largest absolute Gasteiger partial charge is 0.395 e. The van der Waals surface area contributed by atoms with Crippen molar-refractivity contribution in [3.05, 3.63) is 0 Å². The van der Waals surface area contributed by atoms with Crippen molar-refractivity contribution in [3.63, 3.8) is 0 Å². The van der Waals surface area contributed by atoms with Crippen molar-refractivity contribution in [1.82, 2.24) is 15.1 Å². The van der Waals surface area contributed by atoms with Gasteiger partial charge in [-0.05, 0) is 40.0 Å². The third-order valence-electron chi connectivity index (χ3n) is 2.75. The number of nitrogens with zero attached hydrogens (tertiary/aromatic N) is 2. The molecule has 6 heteroatoms. The smallest absolute Gasteiger partial charge is 0.237 e. The molecule has 1 saturated heterocycles. The van der Waals surface area contributed by atoms with Crippen molar-refractivity contribution >= 4 is 5.91 Å². The lowest BCUT2D eigenvalue weighted by atomic mass is 10.1. The average molecular weight is 260 g/mol. The van der Waals surface area contributed by atoms with Crippen molar-refractivity contribution in [2.75, 3.05) is 53.5 Å². The summed E-state index contributed by atoms with van der Waals surface area (Å²) in [6.07, 6.45) is 3.62. The van der Waals surface area contributed by atoms with E-state index in [0.29, 0.717) is 13.1 Å². The van der Waals surface area contributed by atoms with Gasteiger partial charge in [0.05, 0.1) is 19.8 Å². The number of carbonyl (C=O) groups is 1. The Morgan fingerprint density at radius 1 is 1.33 bits per heavy atom. The molecule has 0 aromatic heterocycles. The minimum atomic E-state index is -0.0249. The van der Waals surface area contributed by atoms with Gasteiger partial charge in [-0.15, -0.1) is 0 Å². The van der Waals surface area contributed by atoms with Crippen LogP contribution in [0.15, 0.2) is 0 Å². The second-order valence-corrected chi connectivity index (χ2v) is 4.40. The summed E-state index contributed by atoms with van der Waals surface area (Å²) in [5.74, 6) is 0.0217. The number of nitrogens with two attached hydrogens (primary N) is 1. The molecule has 1 heterocycles. The van der Waals surface area contributed by atoms with Gasteiger partial charge in [-0.2, -0.15) is 0 Å². The monoisotopic (exact) mass is 260 g/mol. The third-order valence-corrected chi connectivity index (χ3v) is 2.75. The normalized spacial score (nSPS) is 15.8. The Labute approximate surface area is 110 Å². The van der Waals surface area contributed by atoms with Gasteiger partial charge >= 0.3 is 0 Å². The molecule has 1 amide bonds. The quantitative estimate of drug-likeness (QED) is 0.555. The minimum Gasteiger partial charge on any atom is -0.395 e. The Balaban J connectivity index is 0.000000873. The SMILES string of the molecule is CNC.NCN(CCO)C(=O)CN1CCCCC1. The second kappa shape index (κ2) is 11.4. The number of aliphatic hydroxyl groups excluding tert-OH is 1. The summed E-state index contributed by atoms with van der Waals surface area (Å²) in [6, 6.07) is 0. The summed E-state index contributed by atoms with van der Waals surface area (Å²) in [7, 11) is 3.75. The van der Waals surface area contributed by atoms with Crippen LogP contribution in [0.3, 0.4) is 0 Å². The molecule has 0 aliphatic carbocycles. The van der Waals surface area contributed by atoms with Gasteiger partial charge in [-0.3, -0.25) is 9.69 Å². The van der Waals surface area contributed by atoms with Gasteiger partial charge < -0.3 is 21.1 Å². The third kappa shape index (κ3) is 7.60. The summed E-state index contributed by atoms with van der Waals surface area (Å²) in [4.78, 5) is 15.4. The molecule has 0 bridgehead atoms. The van der Waals surface area contributed by atoms with Crippen LogP contribution in [0.4, 0.5) is 0 Å². The van der Waals surface area contributed by atoms with Crippen LogP contribution < -0.4 is 11.1 Å². The van der Waals surface area contributed by atoms with Crippen LogP contribution in [0, 0.1) is 0 Å². The van der Waals surface area contributed by atoms with Gasteiger partial charge in [0.2, 0.25) is 5.91 Å². The fourth-order valence-electron chi connectivity index (χ4n) is 1.85. The first kappa shape index (κ1) is 17.3. The molecule has 1 rings (SSSR count). The highest BCUT2D eigenvalue weighted by atomic mass is 16.3. The fraction of sp³-hybridized carbons (Fsp3) is 0.917. The number of amides is 1. The van der Waals surface area contributed by atoms with Gasteiger partial charge in [0.15, 0.2) is 0 Å². The van der Waals surface area contributed by atoms with E-state index in [1.807, 2.05) is 14.1 Å². The Morgan fingerprint density at radius 3 is 2.33 bits per heavy atom. The Bertz CT molecular complexity index is 208. The molecule has 1 aliphatic rings. The maximum atomic E-state index is 11.7. The van der Waals surface area contributed by atoms with Crippen LogP contribution >= 0.6 is 0 Å². The molecule has 1 fully saturated rings. The molecule has 108 valence electrons. The van der Waals surface area contributed by atoms with Gasteiger partial charge in [-0.25, -0.2) is 0 Å². The lowest BCUT2D eigenvalue weighted by molar-refractivity contribution is -0.133. The molecule has 0 radical (unpaired) electrons. The molecule has 0 spiro atoms. The number of aliphatic hydroxyl groups is 1. The van der Waals surface area contributed by atoms with Gasteiger partial charge in [0.25, 0.3) is 0 Å². The number of hydrogen-bond acceptors (Lipinski definition) is 5. The van der Waals surface area contributed by atoms with Crippen molar-refractivity contribution in [2.45, 2.75) is 19.3 Å². The lowest BCUT2D eigenvalue weighted by Crippen LogP contribution is -2.45. The molecule has 4 N–H and O–H groups in total. The molecular formula is C12H28N4O2. The van der Waals surface area contributed by atoms with Crippen LogP contribution in [0.2, 0.25) is 0 Å². The number of carbonyl (C=O) groups excluding carboxylic acids is 1. The van der Waals surface area contributed by atoms with Crippen molar-refractivity contribution in [1.29, 1.82) is 0 Å². The summed E-state index contributed by atoms with van der Waals surface area (Å²) in [5, 5.41) is 11.5. The first-order valence-corrected chi connectivity index (χ1v) is 6.59. The maximum absolute atomic E-state index is 11.7. The van der Waals surface area contributed by atoms with E-state index in [4.69, 9.17) is 10.8 Å². The van der Waals surface area contributed by atoms with Crippen molar-refractivity contribution < 1.29 is 9.90 Å². The molecule has 0 saturated carbocycles. The Kier molecular flexibility index (Phi) is 11.0. The highest BCUT2D eigenvalue weighted by molar-refractivity contribution is 5.78. The highest BCUT2D eigenvalue weighted by Gasteiger charge is 2.17. The van der Waals surface area contributed by atoms with Crippen LogP contribution in [-0.2, 0) is 4.79 Å². The van der Waals surface area contributed by atoms with E-state index in [1.54, 1.807) is 0 Å². The molecule has 0 unspecified atom stereocenters. The first-order valence-electron chi connectivity index (χ1n) is 6.59. The molecule has 18 heavy (non-hydrogen) atoms. The van der Waals surface area contributed by atoms with Crippen molar-refractivity contribution in [3.8, 4) is 0 Å². The molecule has 0 aromatic carbocycles. The predicted octanol–water partition coefficient (Wildman–Crippen LogP) is -0.955. The predicted molar refractivity (Wildman–Crippen MR) is 73.1 cm³/mol. The molecule has 0 atom stereocenters. The van der Waals surface area contributed by atoms with E-state index >= 15 is 0 Å². The zero-order chi connectivity index (χ0) is 13.8. The lowest BCUT2D eigenvalue weighted by Gasteiger charge is -2.28. The summed E-state index contributed by atoms with van der Waals surface area (Å²) < 4.78 is 0. The van der Waals surface area contributed by atoms with Gasteiger partial charge in [0.1, 0.15) is 0 Å². The Morgan fingerprint density at radius 2 is 1.89 bits per heavy atom. The number of hydrogen-bond donors (Lipinski definition) is 3. The van der Waals surface area contributed by atoms with E-state index in [0.717, 1.165) is 13.1 Å². The standard InChI is InChI=1S/C10H21N3O2.C2H7N/c11-9-13(6-7-14)10(15)8-12-4-2-1-3-5-12;1-3-2/h14H,1-9,11H2;3H,1-2H3. The molecule has 0 aromatic rings. The van der Waals surface area contributed by atoms with Crippen molar-refractivity contribution in [2.24, 2.45) is 5.73 Å². The number of piperidine rings is 1. The van der Waals surface area contributed by atoms with E-state index in [9.17, 15) is 4.79 Å². The summed E-state index contributed by atoms with van der Waals surface area (Å²) in [6.45, 7) is 2.95. The minimum absolute atomic E-state index is 0.0217. The molecule has 6 nitrogen and oxygen atoms in total. The van der Waals surface area contributed by atoms with Crippen LogP contribution in [-0.4, -0.2) is 74.4 Å².